The molecule has 6 nitrogen and oxygen atoms in total. The highest BCUT2D eigenvalue weighted by molar-refractivity contribution is 7.09. The number of aryl methyl sites for hydroxylation is 1. The molecule has 0 saturated carbocycles. The minimum atomic E-state index is -1.26. The quantitative estimate of drug-likeness (QED) is 0.314. The van der Waals surface area contributed by atoms with Gasteiger partial charge < -0.3 is 14.9 Å². The average molecular weight is 554 g/mol. The molecule has 0 amide bonds. The maximum Gasteiger partial charge on any atom is 0.309 e. The van der Waals surface area contributed by atoms with Crippen LogP contribution in [0.2, 0.25) is 0 Å². The average Bonchev–Trinajstić information content (AvgIpc) is 3.24. The maximum atomic E-state index is 13.7. The molecule has 2 N–H and O–H groups in total. The molecular weight excluding hydrogens is 510 g/mol. The van der Waals surface area contributed by atoms with Gasteiger partial charge in [-0.25, -0.2) is 4.98 Å². The van der Waals surface area contributed by atoms with Crippen molar-refractivity contribution in [1.82, 2.24) is 4.98 Å². The smallest absolute Gasteiger partial charge is 0.309 e. The lowest BCUT2D eigenvalue weighted by molar-refractivity contribution is -0.154. The first-order valence-electron chi connectivity index (χ1n) is 13.4. The van der Waals surface area contributed by atoms with Gasteiger partial charge in [0.05, 0.1) is 39.8 Å². The van der Waals surface area contributed by atoms with E-state index in [0.29, 0.717) is 23.6 Å². The molecule has 1 aliphatic heterocycles. The predicted octanol–water partition coefficient (Wildman–Crippen LogP) is 6.61. The SMILES string of the molecule is CCCC[C@H]1C(=O)C(C)(C)[C@@H](O)CC(=O)O[C@H](/C(Cl)=C/c2csc(C)n2)C/C=C(/C)CCC[C@H](C)[C@@H]1O. The Morgan fingerprint density at radius 1 is 1.30 bits per heavy atom. The molecule has 0 saturated heterocycles. The molecule has 0 unspecified atom stereocenters. The van der Waals surface area contributed by atoms with Gasteiger partial charge in [0, 0.05) is 17.7 Å². The van der Waals surface area contributed by atoms with E-state index in [1.54, 1.807) is 19.9 Å². The van der Waals surface area contributed by atoms with E-state index in [0.717, 1.165) is 42.7 Å². The molecule has 0 aliphatic carbocycles. The van der Waals surface area contributed by atoms with E-state index in [-0.39, 0.29) is 18.1 Å². The number of nitrogens with zero attached hydrogens (tertiary/aromatic N) is 1. The molecule has 0 radical (unpaired) electrons. The van der Waals surface area contributed by atoms with Gasteiger partial charge in [0.1, 0.15) is 11.9 Å². The van der Waals surface area contributed by atoms with E-state index < -0.39 is 35.6 Å². The molecule has 0 spiro atoms. The number of ketones is 1. The number of carbonyl (C=O) groups is 2. The van der Waals surface area contributed by atoms with Crippen LogP contribution in [0.15, 0.2) is 22.1 Å². The number of hydrogen-bond donors (Lipinski definition) is 2. The molecule has 208 valence electrons. The molecule has 37 heavy (non-hydrogen) atoms. The fourth-order valence-corrected chi connectivity index (χ4v) is 5.54. The third-order valence-electron chi connectivity index (χ3n) is 7.44. The normalized spacial score (nSPS) is 30.5. The Balaban J connectivity index is 2.36. The molecule has 0 bridgehead atoms. The highest BCUT2D eigenvalue weighted by Gasteiger charge is 2.43. The zero-order chi connectivity index (χ0) is 27.8. The van der Waals surface area contributed by atoms with Gasteiger partial charge in [-0.05, 0) is 51.5 Å². The summed E-state index contributed by atoms with van der Waals surface area (Å²) in [4.78, 5) is 31.0. The highest BCUT2D eigenvalue weighted by atomic mass is 35.5. The van der Waals surface area contributed by atoms with Crippen LogP contribution < -0.4 is 0 Å². The van der Waals surface area contributed by atoms with Crippen LogP contribution in [0.3, 0.4) is 0 Å². The second-order valence-corrected chi connectivity index (χ2v) is 12.5. The number of carbonyl (C=O) groups excluding carboxylic acids is 2. The van der Waals surface area contributed by atoms with Crippen LogP contribution in [0, 0.1) is 24.2 Å². The van der Waals surface area contributed by atoms with E-state index in [4.69, 9.17) is 16.3 Å². The molecule has 2 heterocycles. The van der Waals surface area contributed by atoms with Crippen molar-refractivity contribution in [3.05, 3.63) is 32.8 Å². The van der Waals surface area contributed by atoms with E-state index in [1.807, 2.05) is 39.2 Å². The Morgan fingerprint density at radius 2 is 2.00 bits per heavy atom. The minimum Gasteiger partial charge on any atom is -0.456 e. The highest BCUT2D eigenvalue weighted by Crippen LogP contribution is 2.35. The van der Waals surface area contributed by atoms with Crippen molar-refractivity contribution < 1.29 is 24.5 Å². The predicted molar refractivity (Wildman–Crippen MR) is 150 cm³/mol. The number of aromatic nitrogens is 1. The topological polar surface area (TPSA) is 96.7 Å². The van der Waals surface area contributed by atoms with E-state index >= 15 is 0 Å². The number of allylic oxidation sites excluding steroid dienone is 1. The number of Topliss-reactive ketones (excluding diaryl/α,β-unsaturated/α-hetero) is 1. The summed E-state index contributed by atoms with van der Waals surface area (Å²) in [5.74, 6) is -1.49. The number of esters is 1. The van der Waals surface area contributed by atoms with Crippen molar-refractivity contribution >= 4 is 40.8 Å². The van der Waals surface area contributed by atoms with Crippen molar-refractivity contribution in [3.63, 3.8) is 0 Å². The second-order valence-electron chi connectivity index (χ2n) is 11.0. The molecule has 5 atom stereocenters. The number of aliphatic hydroxyl groups is 2. The van der Waals surface area contributed by atoms with Crippen LogP contribution in [-0.4, -0.2) is 45.3 Å². The third-order valence-corrected chi connectivity index (χ3v) is 8.59. The molecule has 0 aromatic carbocycles. The lowest BCUT2D eigenvalue weighted by Gasteiger charge is -2.36. The Hall–Kier alpha value is -1.54. The fraction of sp³-hybridized carbons (Fsp3) is 0.690. The fourth-order valence-electron chi connectivity index (χ4n) is 4.72. The third kappa shape index (κ3) is 9.31. The van der Waals surface area contributed by atoms with Crippen molar-refractivity contribution in [2.24, 2.45) is 17.3 Å². The largest absolute Gasteiger partial charge is 0.456 e. The van der Waals surface area contributed by atoms with Crippen molar-refractivity contribution in [3.8, 4) is 0 Å². The van der Waals surface area contributed by atoms with Crippen LogP contribution in [0.5, 0.6) is 0 Å². The van der Waals surface area contributed by atoms with Crippen molar-refractivity contribution in [2.75, 3.05) is 0 Å². The van der Waals surface area contributed by atoms with Gasteiger partial charge in [0.2, 0.25) is 0 Å². The number of hydrogen-bond acceptors (Lipinski definition) is 7. The van der Waals surface area contributed by atoms with Crippen LogP contribution in [0.25, 0.3) is 6.08 Å². The lowest BCUT2D eigenvalue weighted by atomic mass is 9.71. The molecule has 8 heteroatoms. The number of thiazole rings is 1. The van der Waals surface area contributed by atoms with E-state index in [1.165, 1.54) is 11.3 Å². The molecule has 1 aromatic rings. The summed E-state index contributed by atoms with van der Waals surface area (Å²) in [5, 5.41) is 25.3. The Labute approximate surface area is 231 Å². The molecule has 0 fully saturated rings. The summed E-state index contributed by atoms with van der Waals surface area (Å²) in [5.41, 5.74) is 0.622. The number of halogens is 1. The maximum absolute atomic E-state index is 13.7. The van der Waals surface area contributed by atoms with E-state index in [9.17, 15) is 19.8 Å². The molecule has 1 aliphatic rings. The van der Waals surface area contributed by atoms with Crippen molar-refractivity contribution in [1.29, 1.82) is 0 Å². The lowest BCUT2D eigenvalue weighted by Crippen LogP contribution is -2.46. The Kier molecular flexibility index (Phi) is 12.5. The van der Waals surface area contributed by atoms with Crippen LogP contribution in [0.1, 0.15) is 96.7 Å². The van der Waals surface area contributed by atoms with Gasteiger partial charge in [0.25, 0.3) is 0 Å². The summed E-state index contributed by atoms with van der Waals surface area (Å²) < 4.78 is 5.74. The van der Waals surface area contributed by atoms with Crippen molar-refractivity contribution in [2.45, 2.75) is 111 Å². The zero-order valence-corrected chi connectivity index (χ0v) is 24.7. The van der Waals surface area contributed by atoms with Gasteiger partial charge >= 0.3 is 5.97 Å². The number of unbranched alkanes of at least 4 members (excludes halogenated alkanes) is 1. The zero-order valence-electron chi connectivity index (χ0n) is 23.1. The standard InChI is InChI=1S/C29H44ClNO5S/c1-7-8-12-22-27(34)19(3)11-9-10-18(2)13-14-24(23(30)15-21-17-37-20(4)31-21)36-26(33)16-25(32)29(5,6)28(22)35/h13,15,17,19,22,24-25,27,32,34H,7-12,14,16H2,1-6H3/b18-13-,23-15-/t19-,22+,24-,25-,27-/m0/s1. The molecule has 2 rings (SSSR count). The second kappa shape index (κ2) is 14.6. The van der Waals surface area contributed by atoms with Gasteiger partial charge in [0.15, 0.2) is 0 Å². The van der Waals surface area contributed by atoms with Gasteiger partial charge in [-0.15, -0.1) is 11.3 Å². The molecule has 1 aromatic heterocycles. The number of cyclic esters (lactones) is 1. The summed E-state index contributed by atoms with van der Waals surface area (Å²) in [6, 6.07) is 0. The first-order chi connectivity index (χ1) is 17.4. The van der Waals surface area contributed by atoms with Gasteiger partial charge in [-0.1, -0.05) is 63.8 Å². The van der Waals surface area contributed by atoms with Gasteiger partial charge in [-0.3, -0.25) is 9.59 Å². The van der Waals surface area contributed by atoms with E-state index in [2.05, 4.69) is 4.98 Å². The summed E-state index contributed by atoms with van der Waals surface area (Å²) in [6.45, 7) is 11.3. The summed E-state index contributed by atoms with van der Waals surface area (Å²) >= 11 is 8.12. The van der Waals surface area contributed by atoms with Crippen LogP contribution >= 0.6 is 22.9 Å². The Bertz CT molecular complexity index is 969. The van der Waals surface area contributed by atoms with Crippen LogP contribution in [-0.2, 0) is 14.3 Å². The number of rotatable bonds is 5. The number of aliphatic hydroxyl groups excluding tert-OH is 2. The number of ether oxygens (including phenoxy) is 1. The van der Waals surface area contributed by atoms with Crippen LogP contribution in [0.4, 0.5) is 0 Å². The minimum absolute atomic E-state index is 0.0592. The first-order valence-corrected chi connectivity index (χ1v) is 14.7. The Morgan fingerprint density at radius 3 is 2.62 bits per heavy atom. The van der Waals surface area contributed by atoms with Gasteiger partial charge in [-0.2, -0.15) is 0 Å². The molecular formula is C29H44ClNO5S. The summed E-state index contributed by atoms with van der Waals surface area (Å²) in [7, 11) is 0. The monoisotopic (exact) mass is 553 g/mol. The summed E-state index contributed by atoms with van der Waals surface area (Å²) in [6.07, 6.45) is 5.77. The first kappa shape index (κ1) is 31.7.